The molecule has 176 valence electrons. The van der Waals surface area contributed by atoms with E-state index >= 15 is 0 Å². The summed E-state index contributed by atoms with van der Waals surface area (Å²) in [5.41, 5.74) is 0. The van der Waals surface area contributed by atoms with Crippen LogP contribution < -0.4 is 15.5 Å². The van der Waals surface area contributed by atoms with E-state index < -0.39 is 0 Å². The molecular weight excluding hydrogens is 505 g/mol. The molecule has 0 saturated carbocycles. The molecule has 1 aliphatic rings. The highest BCUT2D eigenvalue weighted by Gasteiger charge is 2.22. The van der Waals surface area contributed by atoms with Gasteiger partial charge in [0.2, 0.25) is 11.9 Å². The number of carbonyl (C=O) groups is 1. The number of nitrogens with zero attached hydrogens (tertiary/aromatic N) is 5. The zero-order valence-corrected chi connectivity index (χ0v) is 21.5. The van der Waals surface area contributed by atoms with Crippen molar-refractivity contribution in [1.29, 1.82) is 0 Å². The monoisotopic (exact) mass is 545 g/mol. The lowest BCUT2D eigenvalue weighted by Gasteiger charge is -2.34. The third-order valence-corrected chi connectivity index (χ3v) is 5.40. The van der Waals surface area contributed by atoms with Crippen molar-refractivity contribution in [1.82, 2.24) is 25.5 Å². The normalized spacial score (nSPS) is 14.2. The van der Waals surface area contributed by atoms with Crippen molar-refractivity contribution < 1.29 is 4.79 Å². The minimum absolute atomic E-state index is 0. The van der Waals surface area contributed by atoms with Crippen molar-refractivity contribution in [2.45, 2.75) is 58.3 Å². The van der Waals surface area contributed by atoms with Crippen LogP contribution in [-0.2, 0) is 4.79 Å². The van der Waals surface area contributed by atoms with Gasteiger partial charge in [0.05, 0.1) is 0 Å². The summed E-state index contributed by atoms with van der Waals surface area (Å²) in [6, 6.07) is 1.81. The first kappa shape index (κ1) is 27.4. The van der Waals surface area contributed by atoms with E-state index in [1.165, 1.54) is 38.5 Å². The molecule has 8 nitrogen and oxygen atoms in total. The molecule has 1 aromatic rings. The molecule has 2 rings (SSSR count). The number of anilines is 1. The fourth-order valence-electron chi connectivity index (χ4n) is 3.57. The van der Waals surface area contributed by atoms with Crippen molar-refractivity contribution in [2.24, 2.45) is 4.99 Å². The van der Waals surface area contributed by atoms with E-state index in [1.807, 2.05) is 11.0 Å². The van der Waals surface area contributed by atoms with Gasteiger partial charge in [0.1, 0.15) is 0 Å². The average molecular weight is 546 g/mol. The number of guanidine groups is 1. The highest BCUT2D eigenvalue weighted by Crippen LogP contribution is 2.10. The molecule has 0 unspecified atom stereocenters. The molecule has 1 aromatic heterocycles. The second-order valence-corrected chi connectivity index (χ2v) is 7.71. The quantitative estimate of drug-likeness (QED) is 0.182. The summed E-state index contributed by atoms with van der Waals surface area (Å²) in [4.78, 5) is 29.4. The standard InChI is InChI=1S/C22H39N7O.HI/c1-3-4-5-6-7-8-9-12-24-21(23-2)25-15-11-20(30)28-16-18-29(19-17-28)22-26-13-10-14-27-22;/h10,13-14H,3-9,11-12,15-19H2,1-2H3,(H2,23,24,25);1H. The van der Waals surface area contributed by atoms with Crippen LogP contribution in [0.4, 0.5) is 5.95 Å². The molecule has 2 heterocycles. The predicted octanol–water partition coefficient (Wildman–Crippen LogP) is 3.05. The van der Waals surface area contributed by atoms with Crippen LogP contribution in [0.25, 0.3) is 0 Å². The molecule has 1 aliphatic heterocycles. The Bertz CT molecular complexity index is 622. The smallest absolute Gasteiger partial charge is 0.225 e. The number of halogens is 1. The summed E-state index contributed by atoms with van der Waals surface area (Å²) in [5, 5.41) is 6.60. The van der Waals surface area contributed by atoms with Gasteiger partial charge >= 0.3 is 0 Å². The van der Waals surface area contributed by atoms with E-state index in [1.54, 1.807) is 19.4 Å². The number of nitrogens with one attached hydrogen (secondary N) is 2. The van der Waals surface area contributed by atoms with E-state index in [9.17, 15) is 4.79 Å². The Balaban J connectivity index is 0.00000480. The summed E-state index contributed by atoms with van der Waals surface area (Å²) in [6.07, 6.45) is 13.0. The topological polar surface area (TPSA) is 85.8 Å². The summed E-state index contributed by atoms with van der Waals surface area (Å²) >= 11 is 0. The molecule has 0 bridgehead atoms. The maximum atomic E-state index is 12.5. The summed E-state index contributed by atoms with van der Waals surface area (Å²) < 4.78 is 0. The van der Waals surface area contributed by atoms with Gasteiger partial charge in [-0.2, -0.15) is 0 Å². The summed E-state index contributed by atoms with van der Waals surface area (Å²) in [5.74, 6) is 1.69. The molecule has 1 amide bonds. The molecule has 31 heavy (non-hydrogen) atoms. The second kappa shape index (κ2) is 17.0. The van der Waals surface area contributed by atoms with Gasteiger partial charge < -0.3 is 20.4 Å². The number of carbonyl (C=O) groups excluding carboxylic acids is 1. The third-order valence-electron chi connectivity index (χ3n) is 5.40. The number of amides is 1. The number of rotatable bonds is 12. The molecule has 0 aliphatic carbocycles. The van der Waals surface area contributed by atoms with Crippen molar-refractivity contribution in [3.8, 4) is 0 Å². The van der Waals surface area contributed by atoms with Crippen molar-refractivity contribution in [3.63, 3.8) is 0 Å². The molecule has 0 aromatic carbocycles. The predicted molar refractivity (Wildman–Crippen MR) is 138 cm³/mol. The van der Waals surface area contributed by atoms with E-state index in [0.29, 0.717) is 26.1 Å². The number of piperazine rings is 1. The van der Waals surface area contributed by atoms with E-state index in [2.05, 4.69) is 37.4 Å². The van der Waals surface area contributed by atoms with Gasteiger partial charge in [0.15, 0.2) is 5.96 Å². The Labute approximate surface area is 204 Å². The maximum Gasteiger partial charge on any atom is 0.225 e. The van der Waals surface area contributed by atoms with Gasteiger partial charge in [-0.25, -0.2) is 9.97 Å². The number of aliphatic imine (C=N–C) groups is 1. The fourth-order valence-corrected chi connectivity index (χ4v) is 3.57. The number of hydrogen-bond acceptors (Lipinski definition) is 5. The largest absolute Gasteiger partial charge is 0.356 e. The van der Waals surface area contributed by atoms with Crippen LogP contribution >= 0.6 is 24.0 Å². The molecule has 1 saturated heterocycles. The lowest BCUT2D eigenvalue weighted by atomic mass is 10.1. The van der Waals surface area contributed by atoms with Gasteiger partial charge in [0.25, 0.3) is 0 Å². The average Bonchev–Trinajstić information content (AvgIpc) is 2.80. The maximum absolute atomic E-state index is 12.5. The van der Waals surface area contributed by atoms with E-state index in [0.717, 1.165) is 38.0 Å². The van der Waals surface area contributed by atoms with Gasteiger partial charge in [-0.15, -0.1) is 24.0 Å². The highest BCUT2D eigenvalue weighted by atomic mass is 127. The van der Waals surface area contributed by atoms with Crippen LogP contribution in [0.5, 0.6) is 0 Å². The van der Waals surface area contributed by atoms with Crippen LogP contribution in [0.1, 0.15) is 58.3 Å². The SMILES string of the molecule is CCCCCCCCCNC(=NC)NCCC(=O)N1CCN(c2ncccn2)CC1.I. The van der Waals surface area contributed by atoms with Gasteiger partial charge in [0, 0.05) is 65.1 Å². The lowest BCUT2D eigenvalue weighted by Crippen LogP contribution is -2.50. The fraction of sp³-hybridized carbons (Fsp3) is 0.727. The minimum atomic E-state index is 0. The van der Waals surface area contributed by atoms with E-state index in [-0.39, 0.29) is 29.9 Å². The number of hydrogen-bond donors (Lipinski definition) is 2. The molecule has 2 N–H and O–H groups in total. The number of aromatic nitrogens is 2. The zero-order chi connectivity index (χ0) is 21.4. The van der Waals surface area contributed by atoms with Crippen LogP contribution in [0.2, 0.25) is 0 Å². The summed E-state index contributed by atoms with van der Waals surface area (Å²) in [7, 11) is 1.77. The third kappa shape index (κ3) is 11.0. The summed E-state index contributed by atoms with van der Waals surface area (Å²) in [6.45, 7) is 6.72. The first-order valence-corrected chi connectivity index (χ1v) is 11.5. The molecule has 0 atom stereocenters. The minimum Gasteiger partial charge on any atom is -0.356 e. The Morgan fingerprint density at radius 2 is 1.58 bits per heavy atom. The Hall–Kier alpha value is -1.65. The van der Waals surface area contributed by atoms with Crippen LogP contribution in [0.3, 0.4) is 0 Å². The van der Waals surface area contributed by atoms with E-state index in [4.69, 9.17) is 0 Å². The Kier molecular flexibility index (Phi) is 15.0. The molecular formula is C22H40IN7O. The van der Waals surface area contributed by atoms with Gasteiger partial charge in [-0.1, -0.05) is 45.4 Å². The van der Waals surface area contributed by atoms with Crippen LogP contribution in [-0.4, -0.2) is 73.1 Å². The van der Waals surface area contributed by atoms with Crippen molar-refractivity contribution in [2.75, 3.05) is 51.2 Å². The van der Waals surface area contributed by atoms with Crippen molar-refractivity contribution >= 4 is 41.8 Å². The Morgan fingerprint density at radius 3 is 2.23 bits per heavy atom. The van der Waals surface area contributed by atoms with Crippen molar-refractivity contribution in [3.05, 3.63) is 18.5 Å². The molecule has 0 spiro atoms. The number of unbranched alkanes of at least 4 members (excludes halogenated alkanes) is 6. The molecule has 9 heteroatoms. The lowest BCUT2D eigenvalue weighted by molar-refractivity contribution is -0.131. The highest BCUT2D eigenvalue weighted by molar-refractivity contribution is 14.0. The molecule has 1 fully saturated rings. The first-order valence-electron chi connectivity index (χ1n) is 11.5. The second-order valence-electron chi connectivity index (χ2n) is 7.71. The molecule has 0 radical (unpaired) electrons. The zero-order valence-electron chi connectivity index (χ0n) is 19.2. The van der Waals surface area contributed by atoms with Gasteiger partial charge in [-0.05, 0) is 12.5 Å². The van der Waals surface area contributed by atoms with Crippen LogP contribution in [0.15, 0.2) is 23.5 Å². The first-order chi connectivity index (χ1) is 14.7. The van der Waals surface area contributed by atoms with Crippen LogP contribution in [0, 0.1) is 0 Å². The Morgan fingerprint density at radius 1 is 0.968 bits per heavy atom. The van der Waals surface area contributed by atoms with Gasteiger partial charge in [-0.3, -0.25) is 9.79 Å².